The molecule has 1 aliphatic heterocycles. The molecule has 4 N–H and O–H groups in total. The number of β-amino-alcohol motifs (C(OH)–C–C–N with tert-alkyl or cyclic N) is 1. The number of aromatic carboxylic acids is 1. The Labute approximate surface area is 203 Å². The molecule has 0 radical (unpaired) electrons. The van der Waals surface area contributed by atoms with Crippen molar-refractivity contribution < 1.29 is 20.1 Å². The molecule has 1 atom stereocenters. The second-order valence-corrected chi connectivity index (χ2v) is 9.27. The number of anilines is 3. The van der Waals surface area contributed by atoms with Crippen LogP contribution in [0.5, 0.6) is 0 Å². The van der Waals surface area contributed by atoms with Crippen LogP contribution in [0.2, 0.25) is 0 Å². The Morgan fingerprint density at radius 3 is 2.54 bits per heavy atom. The molecule has 11 nitrogen and oxygen atoms in total. The minimum atomic E-state index is -0.952. The molecule has 1 saturated heterocycles. The van der Waals surface area contributed by atoms with Crippen LogP contribution in [0.3, 0.4) is 0 Å². The number of carboxylic acid groups (broad SMARTS) is 1. The average molecular weight is 482 g/mol. The van der Waals surface area contributed by atoms with Gasteiger partial charge >= 0.3 is 5.97 Å². The molecule has 4 heterocycles. The van der Waals surface area contributed by atoms with Crippen LogP contribution in [0, 0.1) is 0 Å². The number of nitrogens with zero attached hydrogens (tertiary/aromatic N) is 6. The Morgan fingerprint density at radius 2 is 1.89 bits per heavy atom. The van der Waals surface area contributed by atoms with E-state index in [2.05, 4.69) is 30.1 Å². The van der Waals surface area contributed by atoms with Crippen LogP contribution in [0.4, 0.5) is 17.5 Å². The molecule has 0 unspecified atom stereocenters. The van der Waals surface area contributed by atoms with Gasteiger partial charge < -0.3 is 30.1 Å². The number of nitrogens with one attached hydrogen (secondary N) is 1. The van der Waals surface area contributed by atoms with Crippen LogP contribution in [0.1, 0.15) is 42.2 Å². The van der Waals surface area contributed by atoms with Crippen molar-refractivity contribution in [2.75, 3.05) is 49.5 Å². The van der Waals surface area contributed by atoms with Gasteiger partial charge in [0.15, 0.2) is 0 Å². The number of pyridine rings is 1. The first kappa shape index (κ1) is 23.5. The van der Waals surface area contributed by atoms with E-state index < -0.39 is 12.1 Å². The van der Waals surface area contributed by atoms with E-state index in [-0.39, 0.29) is 18.3 Å². The first-order valence-corrected chi connectivity index (χ1v) is 12.1. The second kappa shape index (κ2) is 10.1. The van der Waals surface area contributed by atoms with Gasteiger partial charge in [0.1, 0.15) is 17.2 Å². The summed E-state index contributed by atoms with van der Waals surface area (Å²) in [5.74, 6) is 0.0328. The van der Waals surface area contributed by atoms with Gasteiger partial charge in [0.25, 0.3) is 0 Å². The lowest BCUT2D eigenvalue weighted by Gasteiger charge is -2.36. The summed E-state index contributed by atoms with van der Waals surface area (Å²) < 4.78 is 1.85. The topological polar surface area (TPSA) is 140 Å². The number of aliphatic hydroxyl groups is 2. The predicted molar refractivity (Wildman–Crippen MR) is 131 cm³/mol. The van der Waals surface area contributed by atoms with Crippen molar-refractivity contribution >= 4 is 34.5 Å². The summed E-state index contributed by atoms with van der Waals surface area (Å²) in [6.07, 6.45) is 6.86. The zero-order valence-electron chi connectivity index (χ0n) is 19.5. The fourth-order valence-electron chi connectivity index (χ4n) is 5.07. The van der Waals surface area contributed by atoms with E-state index in [4.69, 9.17) is 5.11 Å². The number of aliphatic hydroxyl groups excluding tert-OH is 2. The Hall–Kier alpha value is -3.28. The molecular weight excluding hydrogens is 450 g/mol. The zero-order chi connectivity index (χ0) is 24.4. The van der Waals surface area contributed by atoms with Crippen molar-refractivity contribution in [1.82, 2.24) is 24.4 Å². The molecule has 0 bridgehead atoms. The summed E-state index contributed by atoms with van der Waals surface area (Å²) >= 11 is 0. The van der Waals surface area contributed by atoms with E-state index in [9.17, 15) is 15.0 Å². The number of hydrogen-bond acceptors (Lipinski definition) is 9. The summed E-state index contributed by atoms with van der Waals surface area (Å²) in [5.41, 5.74) is 1.90. The number of rotatable bonds is 8. The maximum atomic E-state index is 11.8. The lowest BCUT2D eigenvalue weighted by Crippen LogP contribution is -2.49. The van der Waals surface area contributed by atoms with Crippen molar-refractivity contribution in [1.29, 1.82) is 0 Å². The van der Waals surface area contributed by atoms with E-state index in [0.717, 1.165) is 57.5 Å². The Balaban J connectivity index is 1.28. The van der Waals surface area contributed by atoms with E-state index in [1.54, 1.807) is 12.3 Å². The van der Waals surface area contributed by atoms with Gasteiger partial charge in [0, 0.05) is 50.3 Å². The van der Waals surface area contributed by atoms with Gasteiger partial charge in [-0.15, -0.1) is 0 Å². The number of piperazine rings is 1. The predicted octanol–water partition coefficient (Wildman–Crippen LogP) is 1.86. The highest BCUT2D eigenvalue weighted by Gasteiger charge is 2.25. The highest BCUT2D eigenvalue weighted by atomic mass is 16.4. The summed E-state index contributed by atoms with van der Waals surface area (Å²) in [6, 6.07) is 5.67. The molecule has 2 fully saturated rings. The van der Waals surface area contributed by atoms with Gasteiger partial charge in [-0.25, -0.2) is 14.8 Å². The fourth-order valence-corrected chi connectivity index (χ4v) is 5.07. The van der Waals surface area contributed by atoms with Crippen LogP contribution in [-0.4, -0.2) is 91.1 Å². The van der Waals surface area contributed by atoms with Crippen molar-refractivity contribution in [3.05, 3.63) is 36.3 Å². The summed E-state index contributed by atoms with van der Waals surface area (Å²) in [4.78, 5) is 29.8. The lowest BCUT2D eigenvalue weighted by molar-refractivity contribution is 0.0575. The maximum absolute atomic E-state index is 11.8. The van der Waals surface area contributed by atoms with Crippen molar-refractivity contribution in [3.63, 3.8) is 0 Å². The molecule has 2 aliphatic rings. The minimum absolute atomic E-state index is 0.145. The number of hydrogen-bond donors (Lipinski definition) is 4. The fraction of sp³-hybridized carbons (Fsp3) is 0.500. The summed E-state index contributed by atoms with van der Waals surface area (Å²) in [6.45, 7) is 3.51. The Bertz CT molecular complexity index is 1170. The van der Waals surface area contributed by atoms with Gasteiger partial charge in [-0.05, 0) is 31.0 Å². The molecular formula is C24H31N7O4. The Kier molecular flexibility index (Phi) is 6.80. The molecule has 1 saturated carbocycles. The maximum Gasteiger partial charge on any atom is 0.352 e. The van der Waals surface area contributed by atoms with Gasteiger partial charge in [0.2, 0.25) is 5.95 Å². The first-order chi connectivity index (χ1) is 17.0. The van der Waals surface area contributed by atoms with Crippen LogP contribution in [-0.2, 0) is 0 Å². The average Bonchev–Trinajstić information content (AvgIpc) is 3.52. The van der Waals surface area contributed by atoms with Crippen LogP contribution in [0.15, 0.2) is 30.6 Å². The summed E-state index contributed by atoms with van der Waals surface area (Å²) in [5, 5.41) is 32.2. The number of fused-ring (bicyclic) bond motifs is 1. The van der Waals surface area contributed by atoms with Gasteiger partial charge in [-0.3, -0.25) is 4.90 Å². The van der Waals surface area contributed by atoms with E-state index >= 15 is 0 Å². The summed E-state index contributed by atoms with van der Waals surface area (Å²) in [7, 11) is 0. The number of carbonyl (C=O) groups is 1. The first-order valence-electron chi connectivity index (χ1n) is 12.1. The number of carboxylic acids is 1. The highest BCUT2D eigenvalue weighted by Crippen LogP contribution is 2.34. The van der Waals surface area contributed by atoms with Gasteiger partial charge in [-0.1, -0.05) is 12.8 Å². The number of aromatic nitrogens is 4. The SMILES string of the molecule is O=C(O)c1cc2cnc(Nc3ccc(N4CCN(C[C@@H](O)CO)CC4)cn3)nc2n1C1CCCC1. The van der Waals surface area contributed by atoms with Crippen LogP contribution < -0.4 is 10.2 Å². The zero-order valence-corrected chi connectivity index (χ0v) is 19.5. The molecule has 0 amide bonds. The second-order valence-electron chi connectivity index (χ2n) is 9.27. The third-order valence-corrected chi connectivity index (χ3v) is 6.89. The molecule has 0 spiro atoms. The molecule has 11 heteroatoms. The van der Waals surface area contributed by atoms with E-state index in [0.29, 0.717) is 29.3 Å². The van der Waals surface area contributed by atoms with E-state index in [1.807, 2.05) is 22.9 Å². The third-order valence-electron chi connectivity index (χ3n) is 6.89. The van der Waals surface area contributed by atoms with Crippen LogP contribution >= 0.6 is 0 Å². The molecule has 186 valence electrons. The van der Waals surface area contributed by atoms with Crippen molar-refractivity contribution in [2.45, 2.75) is 37.8 Å². The molecule has 0 aromatic carbocycles. The molecule has 35 heavy (non-hydrogen) atoms. The molecule has 1 aliphatic carbocycles. The largest absolute Gasteiger partial charge is 0.477 e. The lowest BCUT2D eigenvalue weighted by atomic mass is 10.2. The smallest absolute Gasteiger partial charge is 0.352 e. The normalized spacial score (nSPS) is 18.3. The highest BCUT2D eigenvalue weighted by molar-refractivity contribution is 5.93. The Morgan fingerprint density at radius 1 is 1.11 bits per heavy atom. The molecule has 3 aromatic heterocycles. The van der Waals surface area contributed by atoms with Crippen molar-refractivity contribution in [2.24, 2.45) is 0 Å². The minimum Gasteiger partial charge on any atom is -0.477 e. The quantitative estimate of drug-likeness (QED) is 0.377. The standard InChI is InChI=1S/C24H31N7O4/c32-15-19(33)14-29-7-9-30(10-8-29)18-5-6-21(25-13-18)27-24-26-12-16-11-20(23(34)35)31(22(16)28-24)17-3-1-2-4-17/h5-6,11-13,17,19,32-33H,1-4,7-10,14-15H2,(H,34,35)(H,25,26,27,28)/t19-/m1/s1. The van der Waals surface area contributed by atoms with Gasteiger partial charge in [0.05, 0.1) is 24.6 Å². The van der Waals surface area contributed by atoms with Crippen LogP contribution in [0.25, 0.3) is 11.0 Å². The van der Waals surface area contributed by atoms with Gasteiger partial charge in [-0.2, -0.15) is 4.98 Å². The van der Waals surface area contributed by atoms with Crippen molar-refractivity contribution in [3.8, 4) is 0 Å². The van der Waals surface area contributed by atoms with E-state index in [1.165, 1.54) is 0 Å². The molecule has 3 aromatic rings. The monoisotopic (exact) mass is 481 g/mol. The third kappa shape index (κ3) is 5.07. The molecule has 5 rings (SSSR count).